The van der Waals surface area contributed by atoms with Crippen molar-refractivity contribution in [3.63, 3.8) is 0 Å². The Morgan fingerprint density at radius 3 is 1.50 bits per heavy atom. The summed E-state index contributed by atoms with van der Waals surface area (Å²) in [7, 11) is 0. The van der Waals surface area contributed by atoms with Crippen LogP contribution in [0.1, 0.15) is 91.5 Å². The first-order chi connectivity index (χ1) is 20.7. The zero-order chi connectivity index (χ0) is 33.9. The quantitative estimate of drug-likeness (QED) is 0.296. The van der Waals surface area contributed by atoms with E-state index in [1.807, 2.05) is 24.3 Å². The Morgan fingerprint density at radius 2 is 1.07 bits per heavy atom. The van der Waals surface area contributed by atoms with Crippen LogP contribution < -0.4 is 0 Å². The molecule has 2 atom stereocenters. The fourth-order valence-electron chi connectivity index (χ4n) is 4.40. The molecule has 4 rings (SSSR count). The highest BCUT2D eigenvalue weighted by atomic mass is 79.9. The van der Waals surface area contributed by atoms with Gasteiger partial charge in [0, 0.05) is 23.2 Å². The zero-order valence-electron chi connectivity index (χ0n) is 26.4. The third-order valence-corrected chi connectivity index (χ3v) is 7.39. The van der Waals surface area contributed by atoms with Crippen LogP contribution in [0, 0.1) is 0 Å². The summed E-state index contributed by atoms with van der Waals surface area (Å²) >= 11 is 6.63. The monoisotopic (exact) mass is 735 g/mol. The van der Waals surface area contributed by atoms with Gasteiger partial charge in [-0.2, -0.15) is 9.80 Å². The molecule has 0 aliphatic carbocycles. The van der Waals surface area contributed by atoms with E-state index in [2.05, 4.69) is 31.9 Å². The predicted octanol–water partition coefficient (Wildman–Crippen LogP) is 7.23. The van der Waals surface area contributed by atoms with Crippen LogP contribution in [0.25, 0.3) is 0 Å². The molecule has 2 aliphatic rings. The largest absolute Gasteiger partial charge is 0.443 e. The molecule has 2 unspecified atom stereocenters. The summed E-state index contributed by atoms with van der Waals surface area (Å²) in [6.07, 6.45) is -1.41. The van der Waals surface area contributed by atoms with Crippen LogP contribution in [0.2, 0.25) is 0 Å². The number of likely N-dealkylation sites (tertiary alicyclic amines) is 2. The average Bonchev–Trinajstić information content (AvgIpc) is 2.91. The van der Waals surface area contributed by atoms with Gasteiger partial charge < -0.3 is 9.47 Å². The fraction of sp³-hybridized carbons (Fsp3) is 0.438. The maximum Gasteiger partial charge on any atom is 0.424 e. The van der Waals surface area contributed by atoms with Crippen LogP contribution in [0.15, 0.2) is 57.5 Å². The lowest BCUT2D eigenvalue weighted by Crippen LogP contribution is -2.49. The lowest BCUT2D eigenvalue weighted by Gasteiger charge is -2.31. The van der Waals surface area contributed by atoms with Crippen molar-refractivity contribution in [3.8, 4) is 0 Å². The Labute approximate surface area is 275 Å². The Kier molecular flexibility index (Phi) is 10.8. The SMILES string of the molecule is CC(C)(C)OC(=O)N1C(=O)CCC(c2ccc(Br)cc2)C1=O.[2H]C1(c2ccc(Br)cc2)CCC(=O)N(C(=O)OC(C)(C)C)C1=O. The van der Waals surface area contributed by atoms with Crippen molar-refractivity contribution in [1.29, 1.82) is 0 Å². The molecule has 0 N–H and O–H groups in total. The molecule has 0 bridgehead atoms. The summed E-state index contributed by atoms with van der Waals surface area (Å²) in [5, 5.41) is 0. The first kappa shape index (κ1) is 33.5. The van der Waals surface area contributed by atoms with E-state index in [1.165, 1.54) is 0 Å². The van der Waals surface area contributed by atoms with E-state index in [4.69, 9.17) is 10.8 Å². The number of ether oxygens (including phenoxy) is 2. The van der Waals surface area contributed by atoms with Crippen molar-refractivity contribution >= 4 is 67.7 Å². The second-order valence-electron chi connectivity index (χ2n) is 12.2. The van der Waals surface area contributed by atoms with Crippen LogP contribution in [0.3, 0.4) is 0 Å². The Hall–Kier alpha value is -3.38. The van der Waals surface area contributed by atoms with Gasteiger partial charge in [0.05, 0.1) is 11.8 Å². The number of hydrogen-bond acceptors (Lipinski definition) is 8. The van der Waals surface area contributed by atoms with Crippen LogP contribution in [0.5, 0.6) is 0 Å². The summed E-state index contributed by atoms with van der Waals surface area (Å²) in [5.41, 5.74) is -0.374. The number of amides is 6. The average molecular weight is 737 g/mol. The van der Waals surface area contributed by atoms with Gasteiger partial charge in [-0.05, 0) is 89.8 Å². The van der Waals surface area contributed by atoms with E-state index in [9.17, 15) is 28.8 Å². The van der Waals surface area contributed by atoms with Crippen molar-refractivity contribution in [2.45, 2.75) is 90.2 Å². The van der Waals surface area contributed by atoms with Gasteiger partial charge in [-0.1, -0.05) is 56.1 Å². The molecule has 2 saturated heterocycles. The van der Waals surface area contributed by atoms with Gasteiger partial charge in [0.1, 0.15) is 11.2 Å². The van der Waals surface area contributed by atoms with Gasteiger partial charge in [0.2, 0.25) is 23.6 Å². The maximum atomic E-state index is 12.7. The number of piperidine rings is 2. The Morgan fingerprint density at radius 1 is 0.682 bits per heavy atom. The first-order valence-corrected chi connectivity index (χ1v) is 15.5. The lowest BCUT2D eigenvalue weighted by atomic mass is 9.89. The molecular formula is C32H36Br2N2O8. The highest BCUT2D eigenvalue weighted by Crippen LogP contribution is 2.32. The molecule has 12 heteroatoms. The van der Waals surface area contributed by atoms with E-state index in [0.29, 0.717) is 21.8 Å². The smallest absolute Gasteiger partial charge is 0.424 e. The van der Waals surface area contributed by atoms with Crippen LogP contribution >= 0.6 is 31.9 Å². The molecule has 2 aromatic rings. The van der Waals surface area contributed by atoms with Crippen molar-refractivity contribution in [2.24, 2.45) is 0 Å². The van der Waals surface area contributed by atoms with Crippen molar-refractivity contribution < 1.29 is 39.6 Å². The van der Waals surface area contributed by atoms with E-state index < -0.39 is 58.8 Å². The number of benzene rings is 2. The third-order valence-electron chi connectivity index (χ3n) is 6.33. The number of carbonyl (C=O) groups is 6. The van der Waals surface area contributed by atoms with E-state index in [1.54, 1.807) is 65.8 Å². The zero-order valence-corrected chi connectivity index (χ0v) is 28.6. The predicted molar refractivity (Wildman–Crippen MR) is 168 cm³/mol. The number of imide groups is 6. The summed E-state index contributed by atoms with van der Waals surface area (Å²) in [6, 6.07) is 14.0. The van der Waals surface area contributed by atoms with Crippen molar-refractivity contribution in [3.05, 3.63) is 68.6 Å². The summed E-state index contributed by atoms with van der Waals surface area (Å²) in [5.74, 6) is -4.71. The summed E-state index contributed by atoms with van der Waals surface area (Å²) < 4.78 is 20.5. The first-order valence-electron chi connectivity index (χ1n) is 14.4. The Balaban J connectivity index is 0.000000246. The van der Waals surface area contributed by atoms with Gasteiger partial charge in [-0.15, -0.1) is 0 Å². The number of rotatable bonds is 2. The van der Waals surface area contributed by atoms with Crippen LogP contribution in [-0.2, 0) is 28.7 Å². The van der Waals surface area contributed by atoms with Crippen molar-refractivity contribution in [2.75, 3.05) is 0 Å². The second-order valence-corrected chi connectivity index (χ2v) is 14.0. The van der Waals surface area contributed by atoms with Crippen LogP contribution in [-0.4, -0.2) is 56.8 Å². The standard InChI is InChI=1S/2C16H18BrNO4/c2*1-16(2,3)22-15(21)18-13(19)9-8-12(14(18)20)10-4-6-11(17)7-5-10/h2*4-7,12H,8-9H2,1-3H3/i12D;. The van der Waals surface area contributed by atoms with Gasteiger partial charge in [0.15, 0.2) is 0 Å². The Bertz CT molecular complexity index is 1480. The molecule has 44 heavy (non-hydrogen) atoms. The summed E-state index contributed by atoms with van der Waals surface area (Å²) in [4.78, 5) is 74.6. The molecule has 236 valence electrons. The van der Waals surface area contributed by atoms with Crippen LogP contribution in [0.4, 0.5) is 9.59 Å². The minimum Gasteiger partial charge on any atom is -0.443 e. The van der Waals surface area contributed by atoms with E-state index in [-0.39, 0.29) is 19.3 Å². The normalized spacial score (nSPS) is 21.3. The molecule has 2 heterocycles. The lowest BCUT2D eigenvalue weighted by molar-refractivity contribution is -0.149. The van der Waals surface area contributed by atoms with E-state index >= 15 is 0 Å². The number of hydrogen-bond donors (Lipinski definition) is 0. The molecule has 10 nitrogen and oxygen atoms in total. The van der Waals surface area contributed by atoms with Gasteiger partial charge in [-0.25, -0.2) is 9.59 Å². The van der Waals surface area contributed by atoms with Crippen molar-refractivity contribution in [1.82, 2.24) is 9.80 Å². The molecule has 0 spiro atoms. The minimum absolute atomic E-state index is 0.0333. The molecule has 2 aromatic carbocycles. The molecule has 0 radical (unpaired) electrons. The number of nitrogens with zero attached hydrogens (tertiary/aromatic N) is 2. The topological polar surface area (TPSA) is 127 Å². The molecule has 2 fully saturated rings. The highest BCUT2D eigenvalue weighted by Gasteiger charge is 2.42. The molecular weight excluding hydrogens is 700 g/mol. The fourth-order valence-corrected chi connectivity index (χ4v) is 4.92. The second kappa shape index (κ2) is 14.2. The highest BCUT2D eigenvalue weighted by molar-refractivity contribution is 9.10. The molecule has 6 amide bonds. The van der Waals surface area contributed by atoms with Gasteiger partial charge in [-0.3, -0.25) is 19.2 Å². The summed E-state index contributed by atoms with van der Waals surface area (Å²) in [6.45, 7) is 10.0. The number of halogens is 2. The number of carbonyl (C=O) groups excluding carboxylic acids is 6. The molecule has 2 aliphatic heterocycles. The molecule has 0 saturated carbocycles. The minimum atomic E-state index is -1.68. The molecule has 0 aromatic heterocycles. The van der Waals surface area contributed by atoms with Gasteiger partial charge in [0.25, 0.3) is 0 Å². The van der Waals surface area contributed by atoms with E-state index in [0.717, 1.165) is 14.5 Å². The third kappa shape index (κ3) is 9.31. The van der Waals surface area contributed by atoms with Gasteiger partial charge >= 0.3 is 12.2 Å². The maximum absolute atomic E-state index is 12.7.